The molecule has 0 saturated carbocycles. The summed E-state index contributed by atoms with van der Waals surface area (Å²) in [5.74, 6) is -0.464. The van der Waals surface area contributed by atoms with E-state index in [0.717, 1.165) is 0 Å². The van der Waals surface area contributed by atoms with E-state index in [2.05, 4.69) is 19.9 Å². The summed E-state index contributed by atoms with van der Waals surface area (Å²) >= 11 is 0. The third-order valence-electron chi connectivity index (χ3n) is 1.61. The quantitative estimate of drug-likeness (QED) is 0.657. The van der Waals surface area contributed by atoms with Crippen molar-refractivity contribution < 1.29 is 9.90 Å². The first kappa shape index (κ1) is 7.66. The largest absolute Gasteiger partial charge is 0.476 e. The number of aromatic amines is 1. The van der Waals surface area contributed by atoms with Crippen molar-refractivity contribution in [2.75, 3.05) is 0 Å². The number of nitrogens with one attached hydrogen (secondary N) is 1. The molecule has 0 bridgehead atoms. The van der Waals surface area contributed by atoms with Crippen LogP contribution in [0, 0.1) is 6.92 Å². The minimum Gasteiger partial charge on any atom is -0.476 e. The number of aromatic carboxylic acids is 1. The van der Waals surface area contributed by atoms with Crippen molar-refractivity contribution in [3.8, 4) is 0 Å². The van der Waals surface area contributed by atoms with E-state index in [1.54, 1.807) is 6.92 Å². The molecule has 0 unspecified atom stereocenters. The van der Waals surface area contributed by atoms with Crippen molar-refractivity contribution in [1.29, 1.82) is 0 Å². The molecule has 2 N–H and O–H groups in total. The number of imidazole rings is 1. The van der Waals surface area contributed by atoms with Gasteiger partial charge in [0.15, 0.2) is 11.3 Å². The monoisotopic (exact) mass is 178 g/mol. The molecule has 0 aromatic carbocycles. The lowest BCUT2D eigenvalue weighted by molar-refractivity contribution is 0.0692. The third-order valence-corrected chi connectivity index (χ3v) is 1.61. The molecule has 0 radical (unpaired) electrons. The first-order chi connectivity index (χ1) is 6.18. The van der Waals surface area contributed by atoms with Crippen molar-refractivity contribution >= 4 is 17.1 Å². The van der Waals surface area contributed by atoms with Gasteiger partial charge in [0.1, 0.15) is 17.7 Å². The van der Waals surface area contributed by atoms with Crippen LogP contribution in [0.1, 0.15) is 16.3 Å². The van der Waals surface area contributed by atoms with Gasteiger partial charge in [-0.1, -0.05) is 0 Å². The lowest BCUT2D eigenvalue weighted by atomic mass is 10.4. The number of carboxylic acid groups (broad SMARTS) is 1. The van der Waals surface area contributed by atoms with Crippen LogP contribution < -0.4 is 0 Å². The van der Waals surface area contributed by atoms with Crippen LogP contribution in [0.2, 0.25) is 0 Å². The maximum Gasteiger partial charge on any atom is 0.356 e. The third kappa shape index (κ3) is 1.12. The molecule has 0 aliphatic heterocycles. The zero-order valence-electron chi connectivity index (χ0n) is 6.77. The lowest BCUT2D eigenvalue weighted by Gasteiger charge is -1.92. The fourth-order valence-electron chi connectivity index (χ4n) is 1.11. The summed E-state index contributed by atoms with van der Waals surface area (Å²) in [7, 11) is 0. The van der Waals surface area contributed by atoms with Crippen LogP contribution in [-0.4, -0.2) is 31.0 Å². The van der Waals surface area contributed by atoms with E-state index < -0.39 is 5.97 Å². The van der Waals surface area contributed by atoms with E-state index in [0.29, 0.717) is 17.0 Å². The normalized spacial score (nSPS) is 10.5. The van der Waals surface area contributed by atoms with Gasteiger partial charge in [-0.25, -0.2) is 19.7 Å². The molecule has 0 aliphatic rings. The van der Waals surface area contributed by atoms with Gasteiger partial charge in [0.2, 0.25) is 0 Å². The predicted octanol–water partition coefficient (Wildman–Crippen LogP) is 0.360. The van der Waals surface area contributed by atoms with Crippen LogP contribution in [0.4, 0.5) is 0 Å². The molecule has 0 spiro atoms. The Balaban J connectivity index is 2.82. The Labute approximate surface area is 72.7 Å². The van der Waals surface area contributed by atoms with Crippen LogP contribution in [0.3, 0.4) is 0 Å². The Kier molecular flexibility index (Phi) is 1.48. The van der Waals surface area contributed by atoms with Gasteiger partial charge in [-0.05, 0) is 6.92 Å². The number of H-pyrrole nitrogens is 1. The summed E-state index contributed by atoms with van der Waals surface area (Å²) in [6, 6.07) is 0. The van der Waals surface area contributed by atoms with Gasteiger partial charge < -0.3 is 10.1 Å². The summed E-state index contributed by atoms with van der Waals surface area (Å²) in [5.41, 5.74) is 0.697. The Morgan fingerprint density at radius 2 is 2.31 bits per heavy atom. The highest BCUT2D eigenvalue weighted by Gasteiger charge is 2.12. The highest BCUT2D eigenvalue weighted by Crippen LogP contribution is 2.10. The smallest absolute Gasteiger partial charge is 0.356 e. The van der Waals surface area contributed by atoms with E-state index >= 15 is 0 Å². The van der Waals surface area contributed by atoms with Crippen molar-refractivity contribution in [3.63, 3.8) is 0 Å². The topological polar surface area (TPSA) is 91.8 Å². The number of carboxylic acids is 1. The van der Waals surface area contributed by atoms with Gasteiger partial charge in [-0.15, -0.1) is 0 Å². The Morgan fingerprint density at radius 1 is 1.54 bits per heavy atom. The fraction of sp³-hybridized carbons (Fsp3) is 0.143. The van der Waals surface area contributed by atoms with Gasteiger partial charge >= 0.3 is 5.97 Å². The zero-order chi connectivity index (χ0) is 9.42. The molecular formula is C7H6N4O2. The molecule has 13 heavy (non-hydrogen) atoms. The van der Waals surface area contributed by atoms with Crippen molar-refractivity contribution in [1.82, 2.24) is 19.9 Å². The number of carbonyl (C=O) groups is 1. The highest BCUT2D eigenvalue weighted by molar-refractivity contribution is 5.97. The van der Waals surface area contributed by atoms with Crippen LogP contribution in [0.5, 0.6) is 0 Å². The molecule has 66 valence electrons. The number of fused-ring (bicyclic) bond motifs is 1. The molecule has 0 atom stereocenters. The number of aryl methyl sites for hydroxylation is 1. The van der Waals surface area contributed by atoms with Crippen LogP contribution in [0.25, 0.3) is 11.2 Å². The summed E-state index contributed by atoms with van der Waals surface area (Å²) in [4.78, 5) is 24.9. The van der Waals surface area contributed by atoms with Gasteiger partial charge in [-0.2, -0.15) is 0 Å². The number of hydrogen-bond donors (Lipinski definition) is 2. The number of nitrogens with zero attached hydrogens (tertiary/aromatic N) is 3. The van der Waals surface area contributed by atoms with Crippen LogP contribution in [-0.2, 0) is 0 Å². The molecule has 2 aromatic heterocycles. The molecule has 0 aliphatic carbocycles. The summed E-state index contributed by atoms with van der Waals surface area (Å²) in [6.45, 7) is 1.73. The first-order valence-corrected chi connectivity index (χ1v) is 3.59. The van der Waals surface area contributed by atoms with E-state index in [4.69, 9.17) is 5.11 Å². The second kappa shape index (κ2) is 2.51. The molecule has 0 saturated heterocycles. The number of hydrogen-bond acceptors (Lipinski definition) is 4. The van der Waals surface area contributed by atoms with E-state index in [1.165, 1.54) is 6.33 Å². The second-order valence-electron chi connectivity index (χ2n) is 2.55. The zero-order valence-corrected chi connectivity index (χ0v) is 6.77. The molecular weight excluding hydrogens is 172 g/mol. The maximum atomic E-state index is 10.7. The molecule has 2 aromatic rings. The standard InChI is InChI=1S/C7H6N4O2/c1-3-10-4-5(7(12)13)8-2-9-6(4)11-3/h2H,1H3,(H,12,13)(H,8,9,10,11). The highest BCUT2D eigenvalue weighted by atomic mass is 16.4. The summed E-state index contributed by atoms with van der Waals surface area (Å²) < 4.78 is 0. The number of aromatic nitrogens is 4. The van der Waals surface area contributed by atoms with Gasteiger partial charge in [0, 0.05) is 0 Å². The van der Waals surface area contributed by atoms with Crippen LogP contribution >= 0.6 is 0 Å². The van der Waals surface area contributed by atoms with E-state index in [1.807, 2.05) is 0 Å². The fourth-order valence-corrected chi connectivity index (χ4v) is 1.11. The average molecular weight is 178 g/mol. The van der Waals surface area contributed by atoms with E-state index in [9.17, 15) is 4.79 Å². The lowest BCUT2D eigenvalue weighted by Crippen LogP contribution is -2.01. The summed E-state index contributed by atoms with van der Waals surface area (Å²) in [5, 5.41) is 8.75. The van der Waals surface area contributed by atoms with Gasteiger partial charge in [0.05, 0.1) is 0 Å². The molecule has 0 amide bonds. The summed E-state index contributed by atoms with van der Waals surface area (Å²) in [6.07, 6.45) is 1.19. The van der Waals surface area contributed by atoms with Gasteiger partial charge in [0.25, 0.3) is 0 Å². The minimum atomic E-state index is -1.09. The van der Waals surface area contributed by atoms with Crippen molar-refractivity contribution in [2.45, 2.75) is 6.92 Å². The Bertz CT molecular complexity index is 476. The van der Waals surface area contributed by atoms with Gasteiger partial charge in [-0.3, -0.25) is 0 Å². The van der Waals surface area contributed by atoms with E-state index in [-0.39, 0.29) is 5.69 Å². The van der Waals surface area contributed by atoms with Crippen LogP contribution in [0.15, 0.2) is 6.33 Å². The SMILES string of the molecule is Cc1nc2ncnc(C(=O)O)c2[nH]1. The Hall–Kier alpha value is -1.98. The second-order valence-corrected chi connectivity index (χ2v) is 2.55. The maximum absolute atomic E-state index is 10.7. The minimum absolute atomic E-state index is 0.0504. The Morgan fingerprint density at radius 3 is 3.00 bits per heavy atom. The molecule has 6 heteroatoms. The molecule has 2 rings (SSSR count). The molecule has 6 nitrogen and oxygen atoms in total. The number of rotatable bonds is 1. The van der Waals surface area contributed by atoms with Crippen molar-refractivity contribution in [2.24, 2.45) is 0 Å². The average Bonchev–Trinajstić information content (AvgIpc) is 2.43. The first-order valence-electron chi connectivity index (χ1n) is 3.59. The predicted molar refractivity (Wildman–Crippen MR) is 43.4 cm³/mol. The van der Waals surface area contributed by atoms with Crippen molar-refractivity contribution in [3.05, 3.63) is 17.8 Å². The molecule has 0 fully saturated rings. The molecule has 2 heterocycles.